The van der Waals surface area contributed by atoms with Crippen molar-refractivity contribution < 1.29 is 0 Å². The van der Waals surface area contributed by atoms with E-state index < -0.39 is 0 Å². The lowest BCUT2D eigenvalue weighted by molar-refractivity contribution is 1.48. The molecule has 0 atom stereocenters. The Bertz CT molecular complexity index is 419. The first kappa shape index (κ1) is 8.83. The predicted molar refractivity (Wildman–Crippen MR) is 50.2 cm³/mol. The van der Waals surface area contributed by atoms with Crippen LogP contribution in [0.4, 0.5) is 5.69 Å². The molecule has 13 heavy (non-hydrogen) atoms. The summed E-state index contributed by atoms with van der Waals surface area (Å²) in [6.07, 6.45) is 2.91. The molecule has 1 aromatic rings. The van der Waals surface area contributed by atoms with Gasteiger partial charge in [0, 0.05) is 11.8 Å². The van der Waals surface area contributed by atoms with Gasteiger partial charge in [0.25, 0.3) is 0 Å². The Hall–Kier alpha value is -2.26. The summed E-state index contributed by atoms with van der Waals surface area (Å²) in [5, 5.41) is 16.9. The third-order valence-electron chi connectivity index (χ3n) is 1.55. The SMILES string of the molecule is N#CC=Cc1cc(C#N)ccc1N. The number of nitrogen functional groups attached to an aromatic ring is 1. The molecule has 62 valence electrons. The average molecular weight is 169 g/mol. The fourth-order valence-electron chi connectivity index (χ4n) is 0.916. The number of nitrogens with two attached hydrogens (primary N) is 1. The van der Waals surface area contributed by atoms with Crippen LogP contribution in [0.15, 0.2) is 24.3 Å². The minimum absolute atomic E-state index is 0.534. The summed E-state index contributed by atoms with van der Waals surface area (Å²) in [6, 6.07) is 8.79. The zero-order valence-corrected chi connectivity index (χ0v) is 6.86. The van der Waals surface area contributed by atoms with Gasteiger partial charge in [-0.2, -0.15) is 10.5 Å². The third kappa shape index (κ3) is 2.08. The van der Waals surface area contributed by atoms with Crippen LogP contribution in [0.1, 0.15) is 11.1 Å². The molecular weight excluding hydrogens is 162 g/mol. The fraction of sp³-hybridized carbons (Fsp3) is 0. The molecule has 0 spiro atoms. The van der Waals surface area contributed by atoms with Gasteiger partial charge in [0.05, 0.1) is 17.7 Å². The van der Waals surface area contributed by atoms with Crippen molar-refractivity contribution in [2.75, 3.05) is 5.73 Å². The highest BCUT2D eigenvalue weighted by molar-refractivity contribution is 5.67. The van der Waals surface area contributed by atoms with Gasteiger partial charge < -0.3 is 5.73 Å². The molecule has 1 rings (SSSR count). The highest BCUT2D eigenvalue weighted by Gasteiger charge is 1.96. The molecule has 2 N–H and O–H groups in total. The molecule has 0 aliphatic carbocycles. The van der Waals surface area contributed by atoms with Gasteiger partial charge in [-0.1, -0.05) is 0 Å². The molecule has 0 saturated carbocycles. The normalized spacial score (nSPS) is 9.38. The van der Waals surface area contributed by atoms with Gasteiger partial charge in [-0.3, -0.25) is 0 Å². The number of rotatable bonds is 1. The maximum atomic E-state index is 8.60. The van der Waals surface area contributed by atoms with Gasteiger partial charge in [-0.25, -0.2) is 0 Å². The van der Waals surface area contributed by atoms with E-state index in [1.165, 1.54) is 6.08 Å². The molecule has 0 saturated heterocycles. The summed E-state index contributed by atoms with van der Waals surface area (Å²) in [7, 11) is 0. The summed E-state index contributed by atoms with van der Waals surface area (Å²) in [4.78, 5) is 0. The van der Waals surface area contributed by atoms with Crippen LogP contribution >= 0.6 is 0 Å². The van der Waals surface area contributed by atoms with Crippen molar-refractivity contribution in [1.82, 2.24) is 0 Å². The van der Waals surface area contributed by atoms with Crippen molar-refractivity contribution in [3.05, 3.63) is 35.4 Å². The minimum Gasteiger partial charge on any atom is -0.398 e. The minimum atomic E-state index is 0.534. The van der Waals surface area contributed by atoms with Crippen molar-refractivity contribution in [1.29, 1.82) is 10.5 Å². The van der Waals surface area contributed by atoms with Crippen molar-refractivity contribution in [2.24, 2.45) is 0 Å². The first-order valence-electron chi connectivity index (χ1n) is 3.63. The van der Waals surface area contributed by atoms with Crippen molar-refractivity contribution in [2.45, 2.75) is 0 Å². The molecule has 0 fully saturated rings. The number of benzene rings is 1. The summed E-state index contributed by atoms with van der Waals surface area (Å²) >= 11 is 0. The molecule has 1 aromatic carbocycles. The number of hydrogen-bond acceptors (Lipinski definition) is 3. The molecule has 0 unspecified atom stereocenters. The monoisotopic (exact) mass is 169 g/mol. The van der Waals surface area contributed by atoms with Gasteiger partial charge in [-0.15, -0.1) is 0 Å². The number of hydrogen-bond donors (Lipinski definition) is 1. The zero-order valence-electron chi connectivity index (χ0n) is 6.86. The first-order chi connectivity index (χ1) is 6.27. The van der Waals surface area contributed by atoms with Crippen LogP contribution in [0.2, 0.25) is 0 Å². The highest BCUT2D eigenvalue weighted by Crippen LogP contribution is 2.14. The Balaban J connectivity index is 3.15. The molecule has 0 bridgehead atoms. The van der Waals surface area contributed by atoms with E-state index in [1.807, 2.05) is 12.1 Å². The molecule has 0 amide bonds. The maximum Gasteiger partial charge on any atom is 0.0991 e. The summed E-state index contributed by atoms with van der Waals surface area (Å²) in [6.45, 7) is 0. The lowest BCUT2D eigenvalue weighted by Crippen LogP contribution is -1.89. The Morgan fingerprint density at radius 3 is 2.69 bits per heavy atom. The first-order valence-corrected chi connectivity index (χ1v) is 3.63. The average Bonchev–Trinajstić information content (AvgIpc) is 2.17. The van der Waals surface area contributed by atoms with E-state index in [9.17, 15) is 0 Å². The van der Waals surface area contributed by atoms with Crippen LogP contribution in [0.3, 0.4) is 0 Å². The number of allylic oxidation sites excluding steroid dienone is 1. The van der Waals surface area contributed by atoms with E-state index in [0.29, 0.717) is 16.8 Å². The van der Waals surface area contributed by atoms with E-state index in [1.54, 1.807) is 24.3 Å². The van der Waals surface area contributed by atoms with Crippen molar-refractivity contribution >= 4 is 11.8 Å². The number of nitriles is 2. The quantitative estimate of drug-likeness (QED) is 0.513. The lowest BCUT2D eigenvalue weighted by atomic mass is 10.1. The Morgan fingerprint density at radius 2 is 2.08 bits per heavy atom. The second-order valence-electron chi connectivity index (χ2n) is 2.42. The van der Waals surface area contributed by atoms with Crippen molar-refractivity contribution in [3.8, 4) is 12.1 Å². The molecule has 0 radical (unpaired) electrons. The van der Waals surface area contributed by atoms with Crippen LogP contribution in [-0.2, 0) is 0 Å². The molecule has 0 aromatic heterocycles. The molecule has 0 heterocycles. The number of nitrogens with zero attached hydrogens (tertiary/aromatic N) is 2. The smallest absolute Gasteiger partial charge is 0.0991 e. The van der Waals surface area contributed by atoms with Gasteiger partial charge in [0.15, 0.2) is 0 Å². The molecule has 3 nitrogen and oxygen atoms in total. The lowest BCUT2D eigenvalue weighted by Gasteiger charge is -1.98. The van der Waals surface area contributed by atoms with Gasteiger partial charge in [-0.05, 0) is 29.8 Å². The van der Waals surface area contributed by atoms with E-state index in [-0.39, 0.29) is 0 Å². The van der Waals surface area contributed by atoms with E-state index in [0.717, 1.165) is 0 Å². The van der Waals surface area contributed by atoms with Crippen LogP contribution in [-0.4, -0.2) is 0 Å². The number of anilines is 1. The van der Waals surface area contributed by atoms with Crippen LogP contribution in [0, 0.1) is 22.7 Å². The Morgan fingerprint density at radius 1 is 1.31 bits per heavy atom. The van der Waals surface area contributed by atoms with E-state index >= 15 is 0 Å². The van der Waals surface area contributed by atoms with Crippen LogP contribution < -0.4 is 5.73 Å². The second kappa shape index (κ2) is 3.94. The third-order valence-corrected chi connectivity index (χ3v) is 1.55. The van der Waals surface area contributed by atoms with Crippen LogP contribution in [0.25, 0.3) is 6.08 Å². The summed E-state index contributed by atoms with van der Waals surface area (Å²) < 4.78 is 0. The molecule has 3 heteroatoms. The topological polar surface area (TPSA) is 73.6 Å². The predicted octanol–water partition coefficient (Wildman–Crippen LogP) is 1.68. The van der Waals surface area contributed by atoms with Crippen molar-refractivity contribution in [3.63, 3.8) is 0 Å². The highest BCUT2D eigenvalue weighted by atomic mass is 14.6. The zero-order chi connectivity index (χ0) is 9.68. The van der Waals surface area contributed by atoms with Gasteiger partial charge in [0.1, 0.15) is 0 Å². The fourth-order valence-corrected chi connectivity index (χ4v) is 0.916. The van der Waals surface area contributed by atoms with Gasteiger partial charge in [0.2, 0.25) is 0 Å². The molecular formula is C10H7N3. The van der Waals surface area contributed by atoms with E-state index in [2.05, 4.69) is 0 Å². The van der Waals surface area contributed by atoms with E-state index in [4.69, 9.17) is 16.3 Å². The summed E-state index contributed by atoms with van der Waals surface area (Å²) in [5.41, 5.74) is 7.40. The molecule has 0 aliphatic heterocycles. The Kier molecular flexibility index (Phi) is 2.68. The second-order valence-corrected chi connectivity index (χ2v) is 2.42. The summed E-state index contributed by atoms with van der Waals surface area (Å²) in [5.74, 6) is 0. The van der Waals surface area contributed by atoms with Gasteiger partial charge >= 0.3 is 0 Å². The standard InChI is InChI=1S/C10H7N3/c11-5-1-2-9-6-8(7-12)3-4-10(9)13/h1-4,6H,13H2. The maximum absolute atomic E-state index is 8.60. The Labute approximate surface area is 76.3 Å². The largest absolute Gasteiger partial charge is 0.398 e. The van der Waals surface area contributed by atoms with Crippen LogP contribution in [0.5, 0.6) is 0 Å². The molecule has 0 aliphatic rings.